The molecule has 30 heavy (non-hydrogen) atoms. The lowest BCUT2D eigenvalue weighted by Crippen LogP contribution is -2.64. The van der Waals surface area contributed by atoms with Gasteiger partial charge in [-0.05, 0) is 38.2 Å². The van der Waals surface area contributed by atoms with Gasteiger partial charge in [-0.1, -0.05) is 30.3 Å². The molecule has 2 aliphatic carbocycles. The van der Waals surface area contributed by atoms with Crippen molar-refractivity contribution in [1.82, 2.24) is 25.1 Å². The number of nitrogens with zero attached hydrogens (tertiary/aromatic N) is 3. The Morgan fingerprint density at radius 2 is 1.90 bits per heavy atom. The predicted molar refractivity (Wildman–Crippen MR) is 109 cm³/mol. The number of carbonyl (C=O) groups excluding carboxylic acids is 3. The van der Waals surface area contributed by atoms with E-state index in [4.69, 9.17) is 0 Å². The predicted octanol–water partition coefficient (Wildman–Crippen LogP) is 1.47. The lowest BCUT2D eigenvalue weighted by atomic mass is 9.93. The summed E-state index contributed by atoms with van der Waals surface area (Å²) in [5.74, 6) is -0.804. The van der Waals surface area contributed by atoms with Crippen molar-refractivity contribution in [3.63, 3.8) is 0 Å². The van der Waals surface area contributed by atoms with Crippen molar-refractivity contribution in [1.29, 1.82) is 0 Å². The number of aromatic nitrogens is 2. The number of amides is 3. The number of rotatable bonds is 6. The number of carbonyl (C=O) groups is 3. The highest BCUT2D eigenvalue weighted by molar-refractivity contribution is 6.07. The first kappa shape index (κ1) is 18.8. The number of hydrogen-bond donors (Lipinski definition) is 2. The van der Waals surface area contributed by atoms with Crippen molar-refractivity contribution in [3.8, 4) is 0 Å². The Kier molecular flexibility index (Phi) is 4.38. The molecule has 1 aromatic carbocycles. The summed E-state index contributed by atoms with van der Waals surface area (Å²) in [4.78, 5) is 45.2. The van der Waals surface area contributed by atoms with Crippen LogP contribution < -0.4 is 10.6 Å². The number of nitrogens with one attached hydrogen (secondary N) is 2. The van der Waals surface area contributed by atoms with E-state index in [-0.39, 0.29) is 47.7 Å². The monoisotopic (exact) mass is 407 g/mol. The van der Waals surface area contributed by atoms with Gasteiger partial charge in [0.25, 0.3) is 11.8 Å². The molecule has 2 fully saturated rings. The highest BCUT2D eigenvalue weighted by atomic mass is 16.2. The van der Waals surface area contributed by atoms with E-state index in [2.05, 4.69) is 15.6 Å². The van der Waals surface area contributed by atoms with E-state index in [0.717, 1.165) is 31.2 Å². The first-order chi connectivity index (χ1) is 14.5. The first-order valence-corrected chi connectivity index (χ1v) is 10.5. The summed E-state index contributed by atoms with van der Waals surface area (Å²) in [6, 6.07) is 9.89. The second-order valence-electron chi connectivity index (χ2n) is 8.67. The van der Waals surface area contributed by atoms with Crippen LogP contribution in [0.15, 0.2) is 36.7 Å². The molecule has 8 nitrogen and oxygen atoms in total. The van der Waals surface area contributed by atoms with Crippen molar-refractivity contribution < 1.29 is 14.4 Å². The molecule has 156 valence electrons. The van der Waals surface area contributed by atoms with Crippen LogP contribution in [0.2, 0.25) is 0 Å². The summed E-state index contributed by atoms with van der Waals surface area (Å²) in [6.07, 6.45) is 5.16. The lowest BCUT2D eigenvalue weighted by Gasteiger charge is -2.44. The van der Waals surface area contributed by atoms with Crippen molar-refractivity contribution in [2.75, 3.05) is 0 Å². The molecule has 1 aliphatic heterocycles. The average molecular weight is 407 g/mol. The van der Waals surface area contributed by atoms with Crippen LogP contribution >= 0.6 is 0 Å². The van der Waals surface area contributed by atoms with Gasteiger partial charge in [-0.25, -0.2) is 4.98 Å². The highest BCUT2D eigenvalue weighted by Crippen LogP contribution is 2.39. The Morgan fingerprint density at radius 3 is 2.57 bits per heavy atom. The molecule has 0 spiro atoms. The maximum Gasteiger partial charge on any atom is 0.274 e. The van der Waals surface area contributed by atoms with Gasteiger partial charge in [-0.2, -0.15) is 0 Å². The minimum absolute atomic E-state index is 0.0213. The van der Waals surface area contributed by atoms with Gasteiger partial charge in [-0.15, -0.1) is 0 Å². The number of imidazole rings is 1. The Morgan fingerprint density at radius 1 is 1.17 bits per heavy atom. The molecule has 3 aliphatic rings. The Hall–Kier alpha value is -3.16. The molecule has 1 atom stereocenters. The van der Waals surface area contributed by atoms with E-state index in [9.17, 15) is 14.4 Å². The molecule has 0 unspecified atom stereocenters. The zero-order chi connectivity index (χ0) is 20.9. The Balaban J connectivity index is 1.42. The normalized spacial score (nSPS) is 23.1. The molecular weight excluding hydrogens is 382 g/mol. The smallest absolute Gasteiger partial charge is 0.274 e. The topological polar surface area (TPSA) is 96.3 Å². The molecule has 3 amide bonds. The molecule has 1 aromatic heterocycles. The van der Waals surface area contributed by atoms with Gasteiger partial charge in [-0.3, -0.25) is 14.4 Å². The minimum Gasteiger partial charge on any atom is -0.350 e. The zero-order valence-corrected chi connectivity index (χ0v) is 16.9. The molecule has 0 saturated heterocycles. The number of hydrogen-bond acceptors (Lipinski definition) is 4. The van der Waals surface area contributed by atoms with Crippen LogP contribution in [-0.2, 0) is 17.9 Å². The van der Waals surface area contributed by atoms with Crippen LogP contribution in [-0.4, -0.2) is 49.8 Å². The van der Waals surface area contributed by atoms with Crippen LogP contribution in [0, 0.1) is 0 Å². The van der Waals surface area contributed by atoms with Gasteiger partial charge in [0.15, 0.2) is 5.69 Å². The van der Waals surface area contributed by atoms with Gasteiger partial charge >= 0.3 is 0 Å². The zero-order valence-electron chi connectivity index (χ0n) is 16.9. The molecule has 8 heteroatoms. The van der Waals surface area contributed by atoms with Crippen LogP contribution in [0.4, 0.5) is 0 Å². The number of benzene rings is 1. The third-order valence-corrected chi connectivity index (χ3v) is 6.09. The summed E-state index contributed by atoms with van der Waals surface area (Å²) in [7, 11) is 0. The fourth-order valence-electron chi connectivity index (χ4n) is 4.17. The summed E-state index contributed by atoms with van der Waals surface area (Å²) < 4.78 is 1.66. The van der Waals surface area contributed by atoms with Gasteiger partial charge in [0.1, 0.15) is 11.2 Å². The summed E-state index contributed by atoms with van der Waals surface area (Å²) in [5, 5.41) is 5.90. The van der Waals surface area contributed by atoms with Crippen molar-refractivity contribution in [2.24, 2.45) is 0 Å². The molecule has 2 saturated carbocycles. The van der Waals surface area contributed by atoms with E-state index in [1.807, 2.05) is 30.3 Å². The standard InChI is InChI=1S/C22H25N5O3/c1-22(21(30)23-11-14-5-3-2-4-6-14)12-26-13-24-17(19(28)25-15-7-8-15)18(26)20(29)27(22)16-9-10-16/h2-6,13,15-16H,7-12H2,1H3,(H,23,30)(H,25,28)/t22-/m1/s1. The van der Waals surface area contributed by atoms with E-state index in [1.165, 1.54) is 6.33 Å². The first-order valence-electron chi connectivity index (χ1n) is 10.5. The number of fused-ring (bicyclic) bond motifs is 1. The quantitative estimate of drug-likeness (QED) is 0.758. The lowest BCUT2D eigenvalue weighted by molar-refractivity contribution is -0.133. The Bertz CT molecular complexity index is 1010. The van der Waals surface area contributed by atoms with Crippen molar-refractivity contribution >= 4 is 17.7 Å². The molecular formula is C22H25N5O3. The summed E-state index contributed by atoms with van der Waals surface area (Å²) in [5.41, 5.74) is 0.403. The van der Waals surface area contributed by atoms with E-state index < -0.39 is 5.54 Å². The Labute approximate surface area is 174 Å². The van der Waals surface area contributed by atoms with Crippen LogP contribution in [0.1, 0.15) is 59.1 Å². The van der Waals surface area contributed by atoms with Crippen LogP contribution in [0.5, 0.6) is 0 Å². The summed E-state index contributed by atoms with van der Waals surface area (Å²) in [6.45, 7) is 2.47. The summed E-state index contributed by atoms with van der Waals surface area (Å²) >= 11 is 0. The molecule has 0 bridgehead atoms. The van der Waals surface area contributed by atoms with Crippen molar-refractivity contribution in [3.05, 3.63) is 53.6 Å². The molecule has 5 rings (SSSR count). The van der Waals surface area contributed by atoms with Crippen LogP contribution in [0.25, 0.3) is 0 Å². The SMILES string of the molecule is C[C@]1(C(=O)NCc2ccccc2)Cn2cnc(C(=O)NC3CC3)c2C(=O)N1C1CC1. The van der Waals surface area contributed by atoms with Gasteiger partial charge in [0, 0.05) is 18.6 Å². The van der Waals surface area contributed by atoms with Gasteiger partial charge < -0.3 is 20.1 Å². The van der Waals surface area contributed by atoms with Crippen LogP contribution in [0.3, 0.4) is 0 Å². The molecule has 2 heterocycles. The maximum absolute atomic E-state index is 13.5. The third kappa shape index (κ3) is 3.26. The molecule has 2 N–H and O–H groups in total. The molecule has 0 radical (unpaired) electrons. The average Bonchev–Trinajstić information content (AvgIpc) is 3.67. The fourth-order valence-corrected chi connectivity index (χ4v) is 4.17. The van der Waals surface area contributed by atoms with Gasteiger partial charge in [0.2, 0.25) is 5.91 Å². The second-order valence-corrected chi connectivity index (χ2v) is 8.67. The van der Waals surface area contributed by atoms with E-state index >= 15 is 0 Å². The van der Waals surface area contributed by atoms with E-state index in [0.29, 0.717) is 6.54 Å². The fraction of sp³-hybridized carbons (Fsp3) is 0.455. The van der Waals surface area contributed by atoms with Gasteiger partial charge in [0.05, 0.1) is 12.9 Å². The second kappa shape index (κ2) is 6.97. The highest BCUT2D eigenvalue weighted by Gasteiger charge is 2.53. The largest absolute Gasteiger partial charge is 0.350 e. The maximum atomic E-state index is 13.5. The van der Waals surface area contributed by atoms with E-state index in [1.54, 1.807) is 16.4 Å². The minimum atomic E-state index is -1.04. The van der Waals surface area contributed by atoms with Crippen molar-refractivity contribution in [2.45, 2.75) is 63.3 Å². The molecule has 2 aromatic rings. The third-order valence-electron chi connectivity index (χ3n) is 6.09.